The van der Waals surface area contributed by atoms with Crippen molar-refractivity contribution < 1.29 is 0 Å². The highest BCUT2D eigenvalue weighted by Crippen LogP contribution is 2.24. The highest BCUT2D eigenvalue weighted by Gasteiger charge is 2.14. The van der Waals surface area contributed by atoms with Crippen LogP contribution in [0.2, 0.25) is 0 Å². The first-order chi connectivity index (χ1) is 10.2. The summed E-state index contributed by atoms with van der Waals surface area (Å²) in [5.74, 6) is 1.89. The minimum absolute atomic E-state index is 0.326. The van der Waals surface area contributed by atoms with E-state index in [1.54, 1.807) is 0 Å². The van der Waals surface area contributed by atoms with Gasteiger partial charge in [0.25, 0.3) is 0 Å². The van der Waals surface area contributed by atoms with Gasteiger partial charge in [-0.25, -0.2) is 0 Å². The second-order valence-electron chi connectivity index (χ2n) is 5.11. The fraction of sp³-hybridized carbons (Fsp3) is 0.176. The molecular weight excluding hydrogens is 282 g/mol. The first-order valence-electron chi connectivity index (χ1n) is 6.83. The Hall–Kier alpha value is -2.13. The highest BCUT2D eigenvalue weighted by atomic mass is 35.5. The van der Waals surface area contributed by atoms with E-state index in [4.69, 9.17) is 11.6 Å². The van der Waals surface area contributed by atoms with Crippen LogP contribution in [0.5, 0.6) is 0 Å². The van der Waals surface area contributed by atoms with Gasteiger partial charge in [-0.15, -0.1) is 21.8 Å². The lowest BCUT2D eigenvalue weighted by atomic mass is 10.1. The first-order valence-corrected chi connectivity index (χ1v) is 7.37. The van der Waals surface area contributed by atoms with Crippen LogP contribution in [0.25, 0.3) is 17.1 Å². The fourth-order valence-electron chi connectivity index (χ4n) is 2.26. The van der Waals surface area contributed by atoms with Crippen molar-refractivity contribution in [3.05, 3.63) is 65.5 Å². The quantitative estimate of drug-likeness (QED) is 0.675. The van der Waals surface area contributed by atoms with Crippen LogP contribution in [0.4, 0.5) is 0 Å². The molecule has 0 aliphatic rings. The Bertz CT molecular complexity index is 743. The van der Waals surface area contributed by atoms with Gasteiger partial charge >= 0.3 is 0 Å². The fourth-order valence-corrected chi connectivity index (χ4v) is 2.43. The second kappa shape index (κ2) is 5.70. The Morgan fingerprint density at radius 3 is 2.00 bits per heavy atom. The van der Waals surface area contributed by atoms with Crippen LogP contribution < -0.4 is 0 Å². The molecule has 0 aliphatic heterocycles. The lowest BCUT2D eigenvalue weighted by Gasteiger charge is -2.10. The van der Waals surface area contributed by atoms with Crippen molar-refractivity contribution in [2.24, 2.45) is 0 Å². The largest absolute Gasteiger partial charge is 0.278 e. The van der Waals surface area contributed by atoms with Gasteiger partial charge < -0.3 is 0 Å². The minimum Gasteiger partial charge on any atom is -0.278 e. The Morgan fingerprint density at radius 2 is 1.43 bits per heavy atom. The van der Waals surface area contributed by atoms with E-state index in [0.717, 1.165) is 22.9 Å². The van der Waals surface area contributed by atoms with Gasteiger partial charge in [0.2, 0.25) is 0 Å². The van der Waals surface area contributed by atoms with Crippen LogP contribution in [0.3, 0.4) is 0 Å². The topological polar surface area (TPSA) is 30.7 Å². The molecule has 0 saturated carbocycles. The Kier molecular flexibility index (Phi) is 3.76. The van der Waals surface area contributed by atoms with Gasteiger partial charge in [-0.2, -0.15) is 0 Å². The summed E-state index contributed by atoms with van der Waals surface area (Å²) in [7, 11) is 0. The molecule has 0 unspecified atom stereocenters. The maximum Gasteiger partial charge on any atom is 0.168 e. The van der Waals surface area contributed by atoms with Crippen molar-refractivity contribution in [3.8, 4) is 17.1 Å². The Balaban J connectivity index is 2.16. The van der Waals surface area contributed by atoms with E-state index in [0.29, 0.717) is 5.88 Å². The zero-order chi connectivity index (χ0) is 14.8. The van der Waals surface area contributed by atoms with Gasteiger partial charge in [0.05, 0.1) is 5.88 Å². The third-order valence-electron chi connectivity index (χ3n) is 3.45. The smallest absolute Gasteiger partial charge is 0.168 e. The lowest BCUT2D eigenvalue weighted by molar-refractivity contribution is 0.952. The monoisotopic (exact) mass is 297 g/mol. The molecule has 4 heteroatoms. The van der Waals surface area contributed by atoms with Gasteiger partial charge in [0, 0.05) is 11.3 Å². The molecule has 0 aliphatic carbocycles. The maximum absolute atomic E-state index is 6.02. The average Bonchev–Trinajstić information content (AvgIpc) is 2.93. The van der Waals surface area contributed by atoms with E-state index in [9.17, 15) is 0 Å². The molecular formula is C17H16ClN3. The standard InChI is InChI=1S/C17H16ClN3/c1-12-3-7-14(8-4-12)17-20-19-16(11-18)21(17)15-9-5-13(2)6-10-15/h3-10H,11H2,1-2H3. The first kappa shape index (κ1) is 13.8. The number of hydrogen-bond acceptors (Lipinski definition) is 2. The minimum atomic E-state index is 0.326. The van der Waals surface area contributed by atoms with Crippen molar-refractivity contribution in [3.63, 3.8) is 0 Å². The third kappa shape index (κ3) is 2.69. The molecule has 0 atom stereocenters. The number of benzene rings is 2. The molecule has 0 N–H and O–H groups in total. The van der Waals surface area contributed by atoms with Crippen LogP contribution in [0.1, 0.15) is 17.0 Å². The number of alkyl halides is 1. The highest BCUT2D eigenvalue weighted by molar-refractivity contribution is 6.16. The number of nitrogens with zero attached hydrogens (tertiary/aromatic N) is 3. The zero-order valence-electron chi connectivity index (χ0n) is 12.0. The molecule has 2 aromatic carbocycles. The van der Waals surface area contributed by atoms with Crippen LogP contribution in [-0.4, -0.2) is 14.8 Å². The van der Waals surface area contributed by atoms with Gasteiger partial charge in [0.1, 0.15) is 0 Å². The van der Waals surface area contributed by atoms with Gasteiger partial charge in [0.15, 0.2) is 11.6 Å². The molecule has 3 nitrogen and oxygen atoms in total. The molecule has 0 bridgehead atoms. The molecule has 0 amide bonds. The van der Waals surface area contributed by atoms with Crippen LogP contribution >= 0.6 is 11.6 Å². The van der Waals surface area contributed by atoms with E-state index < -0.39 is 0 Å². The second-order valence-corrected chi connectivity index (χ2v) is 5.38. The molecule has 106 valence electrons. The number of aromatic nitrogens is 3. The van der Waals surface area contributed by atoms with E-state index >= 15 is 0 Å². The SMILES string of the molecule is Cc1ccc(-c2nnc(CCl)n2-c2ccc(C)cc2)cc1. The summed E-state index contributed by atoms with van der Waals surface area (Å²) in [6.07, 6.45) is 0. The van der Waals surface area contributed by atoms with Crippen molar-refractivity contribution >= 4 is 11.6 Å². The normalized spacial score (nSPS) is 10.8. The Morgan fingerprint density at radius 1 is 0.857 bits per heavy atom. The van der Waals surface area contributed by atoms with E-state index in [1.165, 1.54) is 11.1 Å². The van der Waals surface area contributed by atoms with Gasteiger partial charge in [-0.3, -0.25) is 4.57 Å². The molecule has 1 aromatic heterocycles. The number of halogens is 1. The summed E-state index contributed by atoms with van der Waals surface area (Å²) in [6.45, 7) is 4.14. The lowest BCUT2D eigenvalue weighted by Crippen LogP contribution is -2.01. The zero-order valence-corrected chi connectivity index (χ0v) is 12.8. The van der Waals surface area contributed by atoms with E-state index in [2.05, 4.69) is 72.6 Å². The van der Waals surface area contributed by atoms with Crippen molar-refractivity contribution in [1.29, 1.82) is 0 Å². The van der Waals surface area contributed by atoms with Crippen LogP contribution in [0.15, 0.2) is 48.5 Å². The van der Waals surface area contributed by atoms with Crippen molar-refractivity contribution in [2.75, 3.05) is 0 Å². The molecule has 1 heterocycles. The van der Waals surface area contributed by atoms with E-state index in [1.807, 2.05) is 4.57 Å². The number of hydrogen-bond donors (Lipinski definition) is 0. The maximum atomic E-state index is 6.02. The molecule has 0 saturated heterocycles. The summed E-state index contributed by atoms with van der Waals surface area (Å²) in [4.78, 5) is 0. The molecule has 3 rings (SSSR count). The predicted octanol–water partition coefficient (Wildman–Crippen LogP) is 4.29. The van der Waals surface area contributed by atoms with Crippen LogP contribution in [-0.2, 0) is 5.88 Å². The summed E-state index contributed by atoms with van der Waals surface area (Å²) in [5.41, 5.74) is 4.50. The van der Waals surface area contributed by atoms with Crippen LogP contribution in [0, 0.1) is 13.8 Å². The van der Waals surface area contributed by atoms with Crippen molar-refractivity contribution in [2.45, 2.75) is 19.7 Å². The van der Waals surface area contributed by atoms with E-state index in [-0.39, 0.29) is 0 Å². The van der Waals surface area contributed by atoms with Gasteiger partial charge in [-0.1, -0.05) is 47.5 Å². The molecule has 0 radical (unpaired) electrons. The summed E-state index contributed by atoms with van der Waals surface area (Å²) in [5, 5.41) is 8.53. The van der Waals surface area contributed by atoms with Crippen molar-refractivity contribution in [1.82, 2.24) is 14.8 Å². The molecule has 0 fully saturated rings. The predicted molar refractivity (Wildman–Crippen MR) is 85.8 cm³/mol. The number of rotatable bonds is 3. The number of aryl methyl sites for hydroxylation is 2. The third-order valence-corrected chi connectivity index (χ3v) is 3.69. The Labute approximate surface area is 129 Å². The summed E-state index contributed by atoms with van der Waals surface area (Å²) >= 11 is 6.02. The van der Waals surface area contributed by atoms with Gasteiger partial charge in [-0.05, 0) is 26.0 Å². The average molecular weight is 298 g/mol. The molecule has 21 heavy (non-hydrogen) atoms. The molecule has 0 spiro atoms. The summed E-state index contributed by atoms with van der Waals surface area (Å²) < 4.78 is 2.01. The summed E-state index contributed by atoms with van der Waals surface area (Å²) in [6, 6.07) is 16.5. The molecule has 3 aromatic rings.